The predicted molar refractivity (Wildman–Crippen MR) is 94.1 cm³/mol. The summed E-state index contributed by atoms with van der Waals surface area (Å²) in [7, 11) is 0. The lowest BCUT2D eigenvalue weighted by Gasteiger charge is -2.18. The third-order valence-corrected chi connectivity index (χ3v) is 4.64. The number of benzene rings is 2. The van der Waals surface area contributed by atoms with E-state index in [4.69, 9.17) is 14.2 Å². The maximum atomic E-state index is 12.2. The summed E-state index contributed by atoms with van der Waals surface area (Å²) in [5.74, 6) is 0.807. The molecule has 6 heteroatoms. The van der Waals surface area contributed by atoms with Crippen LogP contribution in [-0.4, -0.2) is 24.2 Å². The van der Waals surface area contributed by atoms with E-state index in [1.165, 1.54) is 11.3 Å². The Morgan fingerprint density at radius 1 is 1.08 bits per heavy atom. The van der Waals surface area contributed by atoms with E-state index in [0.29, 0.717) is 30.3 Å². The van der Waals surface area contributed by atoms with Crippen LogP contribution in [0.25, 0.3) is 10.6 Å². The van der Waals surface area contributed by atoms with Crippen LogP contribution in [0.15, 0.2) is 53.9 Å². The fourth-order valence-corrected chi connectivity index (χ4v) is 3.29. The molecule has 25 heavy (non-hydrogen) atoms. The summed E-state index contributed by atoms with van der Waals surface area (Å²) < 4.78 is 16.3. The SMILES string of the molecule is O=C(OCc1csc(-c2ccccc2)n1)c1ccc2c(c1)OCCO2. The van der Waals surface area contributed by atoms with E-state index < -0.39 is 5.97 Å². The molecule has 1 aromatic heterocycles. The van der Waals surface area contributed by atoms with Gasteiger partial charge in [0.25, 0.3) is 0 Å². The fourth-order valence-electron chi connectivity index (χ4n) is 2.48. The van der Waals surface area contributed by atoms with Gasteiger partial charge in [-0.05, 0) is 18.2 Å². The quantitative estimate of drug-likeness (QED) is 0.665. The van der Waals surface area contributed by atoms with Gasteiger partial charge in [-0.25, -0.2) is 9.78 Å². The number of aromatic nitrogens is 1. The first-order valence-corrected chi connectivity index (χ1v) is 8.74. The van der Waals surface area contributed by atoms with Gasteiger partial charge >= 0.3 is 5.97 Å². The third-order valence-electron chi connectivity index (χ3n) is 3.70. The van der Waals surface area contributed by atoms with Crippen molar-refractivity contribution in [2.45, 2.75) is 6.61 Å². The third kappa shape index (κ3) is 3.49. The summed E-state index contributed by atoms with van der Waals surface area (Å²) in [6.07, 6.45) is 0. The Balaban J connectivity index is 1.41. The van der Waals surface area contributed by atoms with E-state index in [9.17, 15) is 4.79 Å². The number of rotatable bonds is 4. The Labute approximate surface area is 148 Å². The number of ether oxygens (including phenoxy) is 3. The van der Waals surface area contributed by atoms with E-state index in [2.05, 4.69) is 4.98 Å². The Morgan fingerprint density at radius 2 is 1.88 bits per heavy atom. The van der Waals surface area contributed by atoms with Crippen LogP contribution in [0.3, 0.4) is 0 Å². The second kappa shape index (κ2) is 6.94. The lowest BCUT2D eigenvalue weighted by atomic mass is 10.2. The summed E-state index contributed by atoms with van der Waals surface area (Å²) in [5, 5.41) is 2.81. The highest BCUT2D eigenvalue weighted by Crippen LogP contribution is 2.31. The molecular formula is C19H15NO4S. The average Bonchev–Trinajstić information content (AvgIpc) is 3.15. The molecular weight excluding hydrogens is 338 g/mol. The molecule has 5 nitrogen and oxygen atoms in total. The average molecular weight is 353 g/mol. The molecule has 0 fully saturated rings. The van der Waals surface area contributed by atoms with Crippen molar-refractivity contribution in [2.75, 3.05) is 13.2 Å². The van der Waals surface area contributed by atoms with E-state index in [1.54, 1.807) is 18.2 Å². The van der Waals surface area contributed by atoms with Crippen LogP contribution in [0.1, 0.15) is 16.1 Å². The summed E-state index contributed by atoms with van der Waals surface area (Å²) in [5.41, 5.74) is 2.22. The van der Waals surface area contributed by atoms with Crippen molar-refractivity contribution in [2.24, 2.45) is 0 Å². The number of fused-ring (bicyclic) bond motifs is 1. The van der Waals surface area contributed by atoms with Gasteiger partial charge in [0.15, 0.2) is 11.5 Å². The van der Waals surface area contributed by atoms with Gasteiger partial charge in [0.2, 0.25) is 0 Å². The van der Waals surface area contributed by atoms with Gasteiger partial charge in [0.05, 0.1) is 11.3 Å². The highest BCUT2D eigenvalue weighted by molar-refractivity contribution is 7.13. The molecule has 1 aliphatic heterocycles. The highest BCUT2D eigenvalue weighted by atomic mass is 32.1. The standard InChI is InChI=1S/C19H15NO4S/c21-19(14-6-7-16-17(10-14)23-9-8-22-16)24-11-15-12-25-18(20-15)13-4-2-1-3-5-13/h1-7,10,12H,8-9,11H2. The van der Waals surface area contributed by atoms with Crippen LogP contribution in [0.5, 0.6) is 11.5 Å². The van der Waals surface area contributed by atoms with Crippen molar-refractivity contribution in [3.63, 3.8) is 0 Å². The molecule has 0 unspecified atom stereocenters. The molecule has 126 valence electrons. The van der Waals surface area contributed by atoms with Crippen molar-refractivity contribution in [3.05, 3.63) is 65.2 Å². The molecule has 2 heterocycles. The van der Waals surface area contributed by atoms with Crippen molar-refractivity contribution < 1.29 is 19.0 Å². The molecule has 0 amide bonds. The molecule has 0 radical (unpaired) electrons. The molecule has 0 N–H and O–H groups in total. The monoisotopic (exact) mass is 353 g/mol. The Morgan fingerprint density at radius 3 is 2.72 bits per heavy atom. The number of hydrogen-bond donors (Lipinski definition) is 0. The van der Waals surface area contributed by atoms with Crippen LogP contribution < -0.4 is 9.47 Å². The first-order chi connectivity index (χ1) is 12.3. The molecule has 0 spiro atoms. The summed E-state index contributed by atoms with van der Waals surface area (Å²) in [4.78, 5) is 16.8. The second-order valence-electron chi connectivity index (χ2n) is 5.44. The van der Waals surface area contributed by atoms with Crippen LogP contribution in [0.2, 0.25) is 0 Å². The number of thiazole rings is 1. The normalized spacial score (nSPS) is 12.6. The zero-order valence-corrected chi connectivity index (χ0v) is 14.1. The van der Waals surface area contributed by atoms with E-state index in [0.717, 1.165) is 16.3 Å². The summed E-state index contributed by atoms with van der Waals surface area (Å²) >= 11 is 1.53. The lowest BCUT2D eigenvalue weighted by Crippen LogP contribution is -2.16. The smallest absolute Gasteiger partial charge is 0.338 e. The van der Waals surface area contributed by atoms with Crippen LogP contribution >= 0.6 is 11.3 Å². The predicted octanol–water partition coefficient (Wildman–Crippen LogP) is 3.94. The van der Waals surface area contributed by atoms with E-state index in [-0.39, 0.29) is 6.61 Å². The largest absolute Gasteiger partial charge is 0.486 e. The minimum Gasteiger partial charge on any atom is -0.486 e. The first kappa shape index (κ1) is 15.7. The van der Waals surface area contributed by atoms with Crippen molar-refractivity contribution >= 4 is 17.3 Å². The zero-order valence-electron chi connectivity index (χ0n) is 13.3. The molecule has 0 saturated heterocycles. The number of esters is 1. The highest BCUT2D eigenvalue weighted by Gasteiger charge is 2.16. The van der Waals surface area contributed by atoms with Gasteiger partial charge in [0, 0.05) is 10.9 Å². The van der Waals surface area contributed by atoms with Crippen molar-refractivity contribution in [3.8, 4) is 22.1 Å². The van der Waals surface area contributed by atoms with Gasteiger partial charge in [-0.2, -0.15) is 0 Å². The van der Waals surface area contributed by atoms with Gasteiger partial charge in [-0.15, -0.1) is 11.3 Å². The number of hydrogen-bond acceptors (Lipinski definition) is 6. The zero-order chi connectivity index (χ0) is 17.1. The topological polar surface area (TPSA) is 57.7 Å². The molecule has 0 saturated carbocycles. The van der Waals surface area contributed by atoms with Gasteiger partial charge in [-0.1, -0.05) is 30.3 Å². The Bertz CT molecular complexity index is 891. The van der Waals surface area contributed by atoms with Crippen LogP contribution in [0.4, 0.5) is 0 Å². The Hall–Kier alpha value is -2.86. The molecule has 0 aliphatic carbocycles. The molecule has 2 aromatic carbocycles. The van der Waals surface area contributed by atoms with Gasteiger partial charge in [0.1, 0.15) is 24.8 Å². The Kier molecular flexibility index (Phi) is 4.35. The summed E-state index contributed by atoms with van der Waals surface area (Å²) in [6, 6.07) is 15.0. The fraction of sp³-hybridized carbons (Fsp3) is 0.158. The maximum Gasteiger partial charge on any atom is 0.338 e. The van der Waals surface area contributed by atoms with Crippen molar-refractivity contribution in [1.29, 1.82) is 0 Å². The van der Waals surface area contributed by atoms with Crippen LogP contribution in [-0.2, 0) is 11.3 Å². The summed E-state index contributed by atoms with van der Waals surface area (Å²) in [6.45, 7) is 1.13. The van der Waals surface area contributed by atoms with Gasteiger partial charge in [-0.3, -0.25) is 0 Å². The van der Waals surface area contributed by atoms with Gasteiger partial charge < -0.3 is 14.2 Å². The first-order valence-electron chi connectivity index (χ1n) is 7.86. The van der Waals surface area contributed by atoms with E-state index >= 15 is 0 Å². The molecule has 3 aromatic rings. The number of nitrogens with zero attached hydrogens (tertiary/aromatic N) is 1. The van der Waals surface area contributed by atoms with E-state index in [1.807, 2.05) is 35.7 Å². The molecule has 0 atom stereocenters. The minimum absolute atomic E-state index is 0.136. The number of carbonyl (C=O) groups excluding carboxylic acids is 1. The lowest BCUT2D eigenvalue weighted by molar-refractivity contribution is 0.0467. The second-order valence-corrected chi connectivity index (χ2v) is 6.30. The molecule has 0 bridgehead atoms. The van der Waals surface area contributed by atoms with Crippen LogP contribution in [0, 0.1) is 0 Å². The van der Waals surface area contributed by atoms with Crippen molar-refractivity contribution in [1.82, 2.24) is 4.98 Å². The molecule has 4 rings (SSSR count). The number of carbonyl (C=O) groups is 1. The molecule has 1 aliphatic rings. The maximum absolute atomic E-state index is 12.2. The minimum atomic E-state index is -0.411.